The van der Waals surface area contributed by atoms with E-state index in [1.54, 1.807) is 0 Å². The number of halogens is 2. The Morgan fingerprint density at radius 1 is 1.00 bits per heavy atom. The monoisotopic (exact) mass is 317 g/mol. The minimum atomic E-state index is -1.00. The molecule has 0 aromatic heterocycles. The molecule has 0 unspecified atom stereocenters. The first-order chi connectivity index (χ1) is 11.1. The Kier molecular flexibility index (Phi) is 4.55. The van der Waals surface area contributed by atoms with E-state index in [4.69, 9.17) is 4.74 Å². The van der Waals surface area contributed by atoms with Crippen molar-refractivity contribution in [3.8, 4) is 5.75 Å². The van der Waals surface area contributed by atoms with Crippen molar-refractivity contribution < 1.29 is 18.3 Å². The van der Waals surface area contributed by atoms with Crippen LogP contribution in [0, 0.1) is 11.6 Å². The molecule has 120 valence electrons. The van der Waals surface area contributed by atoms with Crippen LogP contribution in [0.15, 0.2) is 36.4 Å². The van der Waals surface area contributed by atoms with Gasteiger partial charge in [0.15, 0.2) is 18.2 Å². The van der Waals surface area contributed by atoms with E-state index in [2.05, 4.69) is 5.32 Å². The zero-order valence-electron chi connectivity index (χ0n) is 12.6. The summed E-state index contributed by atoms with van der Waals surface area (Å²) in [5, 5.41) is 2.47. The molecule has 0 aliphatic heterocycles. The van der Waals surface area contributed by atoms with Crippen LogP contribution in [0.5, 0.6) is 5.75 Å². The largest absolute Gasteiger partial charge is 0.484 e. The molecule has 0 saturated heterocycles. The quantitative estimate of drug-likeness (QED) is 0.930. The number of nitrogens with one attached hydrogen (secondary N) is 1. The summed E-state index contributed by atoms with van der Waals surface area (Å²) in [6.07, 6.45) is 4.51. The van der Waals surface area contributed by atoms with Crippen LogP contribution in [-0.2, 0) is 17.6 Å². The van der Waals surface area contributed by atoms with Crippen molar-refractivity contribution in [1.82, 2.24) is 0 Å². The van der Waals surface area contributed by atoms with Crippen molar-refractivity contribution in [2.45, 2.75) is 25.7 Å². The molecular formula is C18H17F2NO2. The predicted octanol–water partition coefficient (Wildman–Crippen LogP) is 3.86. The second-order valence-electron chi connectivity index (χ2n) is 5.60. The lowest BCUT2D eigenvalue weighted by molar-refractivity contribution is -0.118. The molecule has 0 heterocycles. The SMILES string of the molecule is O=C(COc1ccc2c(c1)CCCC2)Nc1ccc(F)c(F)c1. The molecule has 0 spiro atoms. The Morgan fingerprint density at radius 3 is 2.57 bits per heavy atom. The average Bonchev–Trinajstić information content (AvgIpc) is 2.56. The molecule has 2 aromatic rings. The van der Waals surface area contributed by atoms with Gasteiger partial charge in [0.25, 0.3) is 5.91 Å². The van der Waals surface area contributed by atoms with E-state index >= 15 is 0 Å². The molecule has 0 atom stereocenters. The molecule has 3 nitrogen and oxygen atoms in total. The van der Waals surface area contributed by atoms with Gasteiger partial charge in [0.05, 0.1) is 0 Å². The summed E-state index contributed by atoms with van der Waals surface area (Å²) in [6.45, 7) is -0.183. The number of ether oxygens (including phenoxy) is 1. The van der Waals surface area contributed by atoms with Gasteiger partial charge < -0.3 is 10.1 Å². The number of carbonyl (C=O) groups excluding carboxylic acids is 1. The van der Waals surface area contributed by atoms with Crippen LogP contribution in [0.3, 0.4) is 0 Å². The number of hydrogen-bond donors (Lipinski definition) is 1. The molecule has 3 rings (SSSR count). The van der Waals surface area contributed by atoms with E-state index in [0.717, 1.165) is 25.0 Å². The minimum Gasteiger partial charge on any atom is -0.484 e. The van der Waals surface area contributed by atoms with E-state index in [1.807, 2.05) is 18.2 Å². The number of carbonyl (C=O) groups is 1. The van der Waals surface area contributed by atoms with Crippen LogP contribution in [0.25, 0.3) is 0 Å². The second-order valence-corrected chi connectivity index (χ2v) is 5.60. The van der Waals surface area contributed by atoms with Gasteiger partial charge in [-0.25, -0.2) is 8.78 Å². The van der Waals surface area contributed by atoms with Gasteiger partial charge in [-0.15, -0.1) is 0 Å². The Balaban J connectivity index is 1.57. The molecule has 2 aromatic carbocycles. The maximum Gasteiger partial charge on any atom is 0.262 e. The normalized spacial score (nSPS) is 13.3. The van der Waals surface area contributed by atoms with Crippen LogP contribution in [-0.4, -0.2) is 12.5 Å². The maximum absolute atomic E-state index is 13.1. The van der Waals surface area contributed by atoms with Gasteiger partial charge in [-0.3, -0.25) is 4.79 Å². The Morgan fingerprint density at radius 2 is 1.78 bits per heavy atom. The smallest absolute Gasteiger partial charge is 0.262 e. The Hall–Kier alpha value is -2.43. The fourth-order valence-electron chi connectivity index (χ4n) is 2.72. The van der Waals surface area contributed by atoms with Crippen molar-refractivity contribution >= 4 is 11.6 Å². The molecule has 0 fully saturated rings. The van der Waals surface area contributed by atoms with Crippen LogP contribution in [0.4, 0.5) is 14.5 Å². The lowest BCUT2D eigenvalue weighted by Gasteiger charge is -2.16. The first-order valence-electron chi connectivity index (χ1n) is 7.61. The fraction of sp³-hybridized carbons (Fsp3) is 0.278. The third kappa shape index (κ3) is 3.86. The number of rotatable bonds is 4. The Labute approximate surface area is 133 Å². The summed E-state index contributed by atoms with van der Waals surface area (Å²) >= 11 is 0. The highest BCUT2D eigenvalue weighted by Gasteiger charge is 2.11. The third-order valence-corrected chi connectivity index (χ3v) is 3.89. The zero-order chi connectivity index (χ0) is 16.2. The number of amides is 1. The Bertz CT molecular complexity index is 731. The molecule has 0 bridgehead atoms. The van der Waals surface area contributed by atoms with Gasteiger partial charge in [0.1, 0.15) is 5.75 Å². The third-order valence-electron chi connectivity index (χ3n) is 3.89. The molecule has 23 heavy (non-hydrogen) atoms. The second kappa shape index (κ2) is 6.77. The molecule has 5 heteroatoms. The summed E-state index contributed by atoms with van der Waals surface area (Å²) in [5.74, 6) is -1.73. The van der Waals surface area contributed by atoms with E-state index in [0.29, 0.717) is 5.75 Å². The predicted molar refractivity (Wildman–Crippen MR) is 83.6 cm³/mol. The van der Waals surface area contributed by atoms with Gasteiger partial charge in [-0.1, -0.05) is 6.07 Å². The first kappa shape index (κ1) is 15.5. The van der Waals surface area contributed by atoms with Crippen molar-refractivity contribution in [3.63, 3.8) is 0 Å². The van der Waals surface area contributed by atoms with Crippen LogP contribution < -0.4 is 10.1 Å². The molecule has 1 aliphatic rings. The van der Waals surface area contributed by atoms with E-state index in [1.165, 1.54) is 30.0 Å². The van der Waals surface area contributed by atoms with Crippen molar-refractivity contribution in [2.24, 2.45) is 0 Å². The molecular weight excluding hydrogens is 300 g/mol. The molecule has 0 radical (unpaired) electrons. The highest BCUT2D eigenvalue weighted by Crippen LogP contribution is 2.25. The summed E-state index contributed by atoms with van der Waals surface area (Å²) in [6, 6.07) is 9.07. The highest BCUT2D eigenvalue weighted by molar-refractivity contribution is 5.91. The number of aryl methyl sites for hydroxylation is 2. The first-order valence-corrected chi connectivity index (χ1v) is 7.61. The van der Waals surface area contributed by atoms with E-state index < -0.39 is 17.5 Å². The fourth-order valence-corrected chi connectivity index (χ4v) is 2.72. The van der Waals surface area contributed by atoms with Gasteiger partial charge >= 0.3 is 0 Å². The van der Waals surface area contributed by atoms with E-state index in [9.17, 15) is 13.6 Å². The van der Waals surface area contributed by atoms with E-state index in [-0.39, 0.29) is 12.3 Å². The highest BCUT2D eigenvalue weighted by atomic mass is 19.2. The molecule has 1 amide bonds. The molecule has 1 N–H and O–H groups in total. The number of anilines is 1. The number of benzene rings is 2. The van der Waals surface area contributed by atoms with Crippen molar-refractivity contribution in [2.75, 3.05) is 11.9 Å². The van der Waals surface area contributed by atoms with Gasteiger partial charge in [-0.2, -0.15) is 0 Å². The summed E-state index contributed by atoms with van der Waals surface area (Å²) in [7, 11) is 0. The molecule has 1 aliphatic carbocycles. The lowest BCUT2D eigenvalue weighted by Crippen LogP contribution is -2.20. The van der Waals surface area contributed by atoms with Gasteiger partial charge in [0.2, 0.25) is 0 Å². The van der Waals surface area contributed by atoms with Gasteiger partial charge in [0, 0.05) is 11.8 Å². The number of hydrogen-bond acceptors (Lipinski definition) is 2. The average molecular weight is 317 g/mol. The number of fused-ring (bicyclic) bond motifs is 1. The van der Waals surface area contributed by atoms with Crippen LogP contribution in [0.2, 0.25) is 0 Å². The zero-order valence-corrected chi connectivity index (χ0v) is 12.6. The van der Waals surface area contributed by atoms with Crippen molar-refractivity contribution in [1.29, 1.82) is 0 Å². The van der Waals surface area contributed by atoms with Crippen LogP contribution >= 0.6 is 0 Å². The topological polar surface area (TPSA) is 38.3 Å². The molecule has 0 saturated carbocycles. The summed E-state index contributed by atoms with van der Waals surface area (Å²) < 4.78 is 31.4. The van der Waals surface area contributed by atoms with Crippen molar-refractivity contribution in [3.05, 3.63) is 59.2 Å². The summed E-state index contributed by atoms with van der Waals surface area (Å²) in [5.41, 5.74) is 2.81. The lowest BCUT2D eigenvalue weighted by atomic mass is 9.92. The maximum atomic E-state index is 13.1. The summed E-state index contributed by atoms with van der Waals surface area (Å²) in [4.78, 5) is 11.8. The standard InChI is InChI=1S/C18H17F2NO2/c19-16-8-6-14(10-17(16)20)21-18(22)11-23-15-7-5-12-3-1-2-4-13(12)9-15/h5-10H,1-4,11H2,(H,21,22). The van der Waals surface area contributed by atoms with Crippen LogP contribution in [0.1, 0.15) is 24.0 Å². The minimum absolute atomic E-state index is 0.183. The van der Waals surface area contributed by atoms with Gasteiger partial charge in [-0.05, 0) is 61.1 Å².